The van der Waals surface area contributed by atoms with Gasteiger partial charge in [0.25, 0.3) is 10.0 Å². The molecule has 126 valence electrons. The number of rotatable bonds is 5. The van der Waals surface area contributed by atoms with Crippen molar-refractivity contribution in [2.45, 2.75) is 18.7 Å². The van der Waals surface area contributed by atoms with Crippen LogP contribution in [0.15, 0.2) is 52.5 Å². The van der Waals surface area contributed by atoms with Crippen LogP contribution in [0.25, 0.3) is 0 Å². The maximum atomic E-state index is 12.4. The summed E-state index contributed by atoms with van der Waals surface area (Å²) in [7, 11) is -2.51. The first-order valence-electron chi connectivity index (χ1n) is 7.14. The minimum absolute atomic E-state index is 0.168. The Morgan fingerprint density at radius 2 is 1.88 bits per heavy atom. The highest BCUT2D eigenvalue weighted by Gasteiger charge is 2.16. The van der Waals surface area contributed by atoms with Crippen molar-refractivity contribution >= 4 is 22.2 Å². The van der Waals surface area contributed by atoms with Gasteiger partial charge in [-0.25, -0.2) is 9.63 Å². The van der Waals surface area contributed by atoms with Crippen LogP contribution < -0.4 is 4.83 Å². The van der Waals surface area contributed by atoms with Gasteiger partial charge in [-0.15, -0.1) is 0 Å². The van der Waals surface area contributed by atoms with E-state index in [9.17, 15) is 13.2 Å². The van der Waals surface area contributed by atoms with E-state index in [4.69, 9.17) is 0 Å². The summed E-state index contributed by atoms with van der Waals surface area (Å²) in [6.45, 7) is 3.53. The van der Waals surface area contributed by atoms with E-state index < -0.39 is 16.0 Å². The molecule has 1 N–H and O–H groups in total. The van der Waals surface area contributed by atoms with Crippen molar-refractivity contribution in [2.75, 3.05) is 7.11 Å². The average molecular weight is 346 g/mol. The van der Waals surface area contributed by atoms with E-state index in [0.29, 0.717) is 16.7 Å². The molecule has 0 aliphatic carbocycles. The second-order valence-electron chi connectivity index (χ2n) is 5.20. The molecule has 2 aromatic carbocycles. The maximum absolute atomic E-state index is 12.4. The van der Waals surface area contributed by atoms with Gasteiger partial charge in [-0.05, 0) is 37.1 Å². The van der Waals surface area contributed by atoms with Crippen molar-refractivity contribution in [3.8, 4) is 0 Å². The molecule has 0 atom stereocenters. The van der Waals surface area contributed by atoms with E-state index in [2.05, 4.69) is 14.7 Å². The zero-order chi connectivity index (χ0) is 17.7. The topological polar surface area (TPSA) is 84.8 Å². The fraction of sp³-hybridized carbons (Fsp3) is 0.176. The highest BCUT2D eigenvalue weighted by molar-refractivity contribution is 7.89. The Morgan fingerprint density at radius 1 is 1.17 bits per heavy atom. The average Bonchev–Trinajstić information content (AvgIpc) is 2.56. The zero-order valence-electron chi connectivity index (χ0n) is 13.6. The predicted molar refractivity (Wildman–Crippen MR) is 91.6 cm³/mol. The number of esters is 1. The summed E-state index contributed by atoms with van der Waals surface area (Å²) < 4.78 is 29.4. The Hall–Kier alpha value is -2.67. The molecule has 0 unspecified atom stereocenters. The van der Waals surface area contributed by atoms with E-state index in [0.717, 1.165) is 5.56 Å². The van der Waals surface area contributed by atoms with Crippen LogP contribution in [0.2, 0.25) is 0 Å². The van der Waals surface area contributed by atoms with E-state index in [1.165, 1.54) is 13.3 Å². The SMILES string of the molecule is COC(=O)c1ccccc1/C=N\NS(=O)(=O)c1cc(C)ccc1C. The monoisotopic (exact) mass is 346 g/mol. The Kier molecular flexibility index (Phi) is 5.35. The smallest absolute Gasteiger partial charge is 0.338 e. The Morgan fingerprint density at radius 3 is 2.58 bits per heavy atom. The van der Waals surface area contributed by atoms with Gasteiger partial charge in [-0.2, -0.15) is 13.5 Å². The van der Waals surface area contributed by atoms with Gasteiger partial charge in [0, 0.05) is 5.56 Å². The molecule has 0 amide bonds. The number of hydrogen-bond acceptors (Lipinski definition) is 5. The van der Waals surface area contributed by atoms with Crippen LogP contribution in [0.5, 0.6) is 0 Å². The number of nitrogens with zero attached hydrogens (tertiary/aromatic N) is 1. The lowest BCUT2D eigenvalue weighted by Crippen LogP contribution is -2.19. The molecule has 0 radical (unpaired) electrons. The van der Waals surface area contributed by atoms with Crippen LogP contribution in [0.1, 0.15) is 27.0 Å². The number of carbonyl (C=O) groups excluding carboxylic acids is 1. The normalized spacial score (nSPS) is 11.5. The summed E-state index contributed by atoms with van der Waals surface area (Å²) in [6.07, 6.45) is 1.27. The van der Waals surface area contributed by atoms with E-state index >= 15 is 0 Å². The minimum atomic E-state index is -3.79. The molecule has 7 heteroatoms. The van der Waals surface area contributed by atoms with Crippen LogP contribution in [-0.4, -0.2) is 27.7 Å². The van der Waals surface area contributed by atoms with E-state index in [1.807, 2.05) is 13.0 Å². The van der Waals surface area contributed by atoms with Crippen molar-refractivity contribution in [3.05, 3.63) is 64.7 Å². The second-order valence-corrected chi connectivity index (χ2v) is 6.83. The number of carbonyl (C=O) groups is 1. The molecule has 0 bridgehead atoms. The second kappa shape index (κ2) is 7.27. The number of aryl methyl sites for hydroxylation is 2. The fourth-order valence-corrected chi connectivity index (χ4v) is 3.24. The third-order valence-electron chi connectivity index (χ3n) is 3.38. The molecule has 0 aromatic heterocycles. The fourth-order valence-electron chi connectivity index (χ4n) is 2.12. The minimum Gasteiger partial charge on any atom is -0.465 e. The largest absolute Gasteiger partial charge is 0.465 e. The first kappa shape index (κ1) is 17.7. The van der Waals surface area contributed by atoms with Crippen molar-refractivity contribution < 1.29 is 17.9 Å². The van der Waals surface area contributed by atoms with Gasteiger partial charge in [0.15, 0.2) is 0 Å². The van der Waals surface area contributed by atoms with Gasteiger partial charge in [0.1, 0.15) is 0 Å². The summed E-state index contributed by atoms with van der Waals surface area (Å²) in [5, 5.41) is 3.77. The molecular weight excluding hydrogens is 328 g/mol. The van der Waals surface area contributed by atoms with Gasteiger partial charge >= 0.3 is 5.97 Å². The van der Waals surface area contributed by atoms with Gasteiger partial charge in [0.2, 0.25) is 0 Å². The summed E-state index contributed by atoms with van der Waals surface area (Å²) in [6, 6.07) is 11.8. The summed E-state index contributed by atoms with van der Waals surface area (Å²) in [5.74, 6) is -0.519. The maximum Gasteiger partial charge on any atom is 0.338 e. The predicted octanol–water partition coefficient (Wildman–Crippen LogP) is 2.40. The number of nitrogens with one attached hydrogen (secondary N) is 1. The first-order valence-corrected chi connectivity index (χ1v) is 8.63. The number of benzene rings is 2. The molecule has 0 saturated heterocycles. The lowest BCUT2D eigenvalue weighted by atomic mass is 10.1. The lowest BCUT2D eigenvalue weighted by Gasteiger charge is -2.08. The summed E-state index contributed by atoms with van der Waals surface area (Å²) in [5.41, 5.74) is 2.21. The molecule has 0 heterocycles. The molecule has 0 fully saturated rings. The number of hydrogen-bond donors (Lipinski definition) is 1. The highest BCUT2D eigenvalue weighted by atomic mass is 32.2. The summed E-state index contributed by atoms with van der Waals surface area (Å²) >= 11 is 0. The van der Waals surface area contributed by atoms with Crippen molar-refractivity contribution in [1.29, 1.82) is 0 Å². The van der Waals surface area contributed by atoms with E-state index in [1.54, 1.807) is 43.3 Å². The van der Waals surface area contributed by atoms with Gasteiger partial charge in [-0.3, -0.25) is 0 Å². The molecule has 2 rings (SSSR count). The van der Waals surface area contributed by atoms with Crippen LogP contribution in [-0.2, 0) is 14.8 Å². The van der Waals surface area contributed by atoms with Crippen LogP contribution in [0, 0.1) is 13.8 Å². The van der Waals surface area contributed by atoms with Gasteiger partial charge < -0.3 is 4.74 Å². The number of sulfonamides is 1. The Bertz CT molecular complexity index is 889. The summed E-state index contributed by atoms with van der Waals surface area (Å²) in [4.78, 5) is 14.0. The van der Waals surface area contributed by atoms with Crippen LogP contribution in [0.3, 0.4) is 0 Å². The standard InChI is InChI=1S/C17H18N2O4S/c1-12-8-9-13(2)16(10-12)24(21,22)19-18-11-14-6-4-5-7-15(14)17(20)23-3/h4-11,19H,1-3H3/b18-11-. The van der Waals surface area contributed by atoms with E-state index in [-0.39, 0.29) is 4.90 Å². The van der Waals surface area contributed by atoms with Crippen molar-refractivity contribution in [3.63, 3.8) is 0 Å². The number of ether oxygens (including phenoxy) is 1. The van der Waals surface area contributed by atoms with Crippen LogP contribution in [0.4, 0.5) is 0 Å². The quantitative estimate of drug-likeness (QED) is 0.512. The molecule has 0 aliphatic rings. The van der Waals surface area contributed by atoms with Crippen molar-refractivity contribution in [2.24, 2.45) is 5.10 Å². The third-order valence-corrected chi connectivity index (χ3v) is 4.74. The molecule has 6 nitrogen and oxygen atoms in total. The Balaban J connectivity index is 2.26. The number of hydrazone groups is 1. The molecule has 24 heavy (non-hydrogen) atoms. The molecule has 0 spiro atoms. The molecule has 0 saturated carbocycles. The first-order chi connectivity index (χ1) is 11.3. The van der Waals surface area contributed by atoms with Crippen LogP contribution >= 0.6 is 0 Å². The highest BCUT2D eigenvalue weighted by Crippen LogP contribution is 2.16. The molecule has 2 aromatic rings. The Labute approximate surface area is 141 Å². The lowest BCUT2D eigenvalue weighted by molar-refractivity contribution is 0.0600. The third kappa shape index (κ3) is 3.99. The molecular formula is C17H18N2O4S. The van der Waals surface area contributed by atoms with Gasteiger partial charge in [-0.1, -0.05) is 30.3 Å². The zero-order valence-corrected chi connectivity index (χ0v) is 14.4. The van der Waals surface area contributed by atoms with Gasteiger partial charge in [0.05, 0.1) is 23.8 Å². The van der Waals surface area contributed by atoms with Crippen molar-refractivity contribution in [1.82, 2.24) is 4.83 Å². The number of methoxy groups -OCH3 is 1. The molecule has 0 aliphatic heterocycles.